The van der Waals surface area contributed by atoms with Gasteiger partial charge in [0, 0.05) is 61.8 Å². The number of aromatic nitrogens is 3. The Kier molecular flexibility index (Phi) is 10.1. The van der Waals surface area contributed by atoms with E-state index in [9.17, 15) is 19.6 Å². The highest BCUT2D eigenvalue weighted by atomic mass is 16.5. The normalized spacial score (nSPS) is 23.2. The summed E-state index contributed by atoms with van der Waals surface area (Å²) in [6.45, 7) is 5.70. The number of nitrogens with zero attached hydrogens (tertiary/aromatic N) is 6. The van der Waals surface area contributed by atoms with Crippen molar-refractivity contribution in [2.24, 2.45) is 11.3 Å². The molecule has 1 unspecified atom stereocenters. The Morgan fingerprint density at radius 1 is 0.981 bits per heavy atom. The van der Waals surface area contributed by atoms with Crippen LogP contribution in [0.2, 0.25) is 0 Å². The minimum Gasteiger partial charge on any atom is -0.494 e. The van der Waals surface area contributed by atoms with Gasteiger partial charge in [-0.15, -0.1) is 0 Å². The molecule has 3 saturated heterocycles. The number of nitrogens with one attached hydrogen (secondary N) is 2. The fourth-order valence-corrected chi connectivity index (χ4v) is 9.18. The van der Waals surface area contributed by atoms with E-state index in [0.29, 0.717) is 52.8 Å². The summed E-state index contributed by atoms with van der Waals surface area (Å²) in [7, 11) is 1.58. The van der Waals surface area contributed by atoms with Crippen molar-refractivity contribution >= 4 is 40.0 Å². The predicted octanol–water partition coefficient (Wildman–Crippen LogP) is 6.20. The van der Waals surface area contributed by atoms with E-state index in [-0.39, 0.29) is 23.6 Å². The van der Waals surface area contributed by atoms with Gasteiger partial charge in [-0.25, -0.2) is 0 Å². The van der Waals surface area contributed by atoms with Gasteiger partial charge in [0.05, 0.1) is 41.4 Å². The molecule has 1 spiro atoms. The molecule has 1 atom stereocenters. The first-order chi connectivity index (χ1) is 26.3. The summed E-state index contributed by atoms with van der Waals surface area (Å²) >= 11 is 0. The van der Waals surface area contributed by atoms with Crippen LogP contribution in [0.25, 0.3) is 10.9 Å². The van der Waals surface area contributed by atoms with Gasteiger partial charge in [0.25, 0.3) is 5.91 Å². The van der Waals surface area contributed by atoms with Crippen molar-refractivity contribution < 1.29 is 19.1 Å². The molecule has 1 saturated carbocycles. The topological polar surface area (TPSA) is 145 Å². The lowest BCUT2D eigenvalue weighted by Gasteiger charge is -2.48. The van der Waals surface area contributed by atoms with E-state index in [1.807, 2.05) is 18.2 Å². The smallest absolute Gasteiger partial charge is 0.257 e. The number of imide groups is 1. The molecule has 4 aliphatic rings. The molecule has 12 heteroatoms. The van der Waals surface area contributed by atoms with Crippen LogP contribution in [0.5, 0.6) is 5.75 Å². The van der Waals surface area contributed by atoms with Crippen LogP contribution in [0.4, 0.5) is 11.4 Å². The van der Waals surface area contributed by atoms with E-state index in [2.05, 4.69) is 60.6 Å². The Labute approximate surface area is 315 Å². The summed E-state index contributed by atoms with van der Waals surface area (Å²) in [6.07, 6.45) is 15.5. The highest BCUT2D eigenvalue weighted by molar-refractivity contribution is 6.06. The second-order valence-electron chi connectivity index (χ2n) is 15.8. The van der Waals surface area contributed by atoms with Gasteiger partial charge in [0.2, 0.25) is 11.8 Å². The summed E-state index contributed by atoms with van der Waals surface area (Å²) in [5, 5.41) is 20.4. The SMILES string of the molecule is COc1cc2nn(C3CCC(CN4CCC5(CC4)CCN(c4ccc(C6CCC(=O)NC6=O)cc4)CC5)CC3)cc2cc1NC(=O)c1cncc(C#N)c1. The first-order valence-corrected chi connectivity index (χ1v) is 19.4. The van der Waals surface area contributed by atoms with E-state index in [1.165, 1.54) is 82.3 Å². The van der Waals surface area contributed by atoms with Gasteiger partial charge in [-0.3, -0.25) is 29.4 Å². The molecular weight excluding hydrogens is 681 g/mol. The lowest BCUT2D eigenvalue weighted by molar-refractivity contribution is -0.134. The maximum atomic E-state index is 13.0. The Bertz CT molecular complexity index is 2060. The third-order valence-electron chi connectivity index (χ3n) is 12.6. The van der Waals surface area contributed by atoms with Crippen LogP contribution in [-0.4, -0.2) is 77.2 Å². The first kappa shape index (κ1) is 35.7. The Morgan fingerprint density at radius 3 is 2.43 bits per heavy atom. The molecule has 54 heavy (non-hydrogen) atoms. The molecule has 2 N–H and O–H groups in total. The number of benzene rings is 2. The quantitative estimate of drug-likeness (QED) is 0.203. The summed E-state index contributed by atoms with van der Waals surface area (Å²) in [4.78, 5) is 46.0. The summed E-state index contributed by atoms with van der Waals surface area (Å²) in [5.74, 6) is 0.299. The molecule has 0 radical (unpaired) electrons. The molecule has 2 aromatic heterocycles. The van der Waals surface area contributed by atoms with Crippen LogP contribution in [-0.2, 0) is 9.59 Å². The summed E-state index contributed by atoms with van der Waals surface area (Å²) in [6, 6.07) is 16.1. The van der Waals surface area contributed by atoms with E-state index in [0.717, 1.165) is 42.4 Å². The fraction of sp³-hybridized carbons (Fsp3) is 0.476. The largest absolute Gasteiger partial charge is 0.494 e. The molecule has 4 aromatic rings. The highest BCUT2D eigenvalue weighted by Crippen LogP contribution is 2.43. The molecule has 12 nitrogen and oxygen atoms in total. The van der Waals surface area contributed by atoms with Crippen molar-refractivity contribution in [2.45, 2.75) is 76.2 Å². The van der Waals surface area contributed by atoms with E-state index in [1.54, 1.807) is 7.11 Å². The Morgan fingerprint density at radius 2 is 1.72 bits per heavy atom. The standard InChI is InChI=1S/C42H48N8O4/c1-54-38-22-36-32(21-37(38)45-40(52)31-20-29(23-43)24-44-25-31)27-50(47-36)34-6-2-28(3-7-34)26-48-16-12-42(13-17-48)14-18-49(19-15-42)33-8-4-30(5-9-33)35-10-11-39(51)46-41(35)53/h4-5,8-9,20-22,24-25,27-28,34-35H,2-3,6-7,10-19,26H2,1H3,(H,45,52)(H,46,51,53). The monoisotopic (exact) mass is 728 g/mol. The zero-order chi connectivity index (χ0) is 37.2. The number of piperidine rings is 3. The zero-order valence-corrected chi connectivity index (χ0v) is 30.9. The van der Waals surface area contributed by atoms with Gasteiger partial charge in [-0.05, 0) is 112 Å². The van der Waals surface area contributed by atoms with Gasteiger partial charge in [0.15, 0.2) is 0 Å². The number of methoxy groups -OCH3 is 1. The molecule has 3 amide bonds. The third-order valence-corrected chi connectivity index (χ3v) is 12.6. The molecule has 0 bridgehead atoms. The number of pyridine rings is 1. The average molecular weight is 729 g/mol. The Hall–Kier alpha value is -5.28. The number of ether oxygens (including phenoxy) is 1. The summed E-state index contributed by atoms with van der Waals surface area (Å²) in [5.41, 5.74) is 4.68. The van der Waals surface area contributed by atoms with Gasteiger partial charge in [-0.1, -0.05) is 12.1 Å². The van der Waals surface area contributed by atoms with Crippen LogP contribution in [0, 0.1) is 22.7 Å². The van der Waals surface area contributed by atoms with Gasteiger partial charge in [0.1, 0.15) is 11.8 Å². The lowest BCUT2D eigenvalue weighted by Crippen LogP contribution is -2.47. The van der Waals surface area contributed by atoms with E-state index < -0.39 is 0 Å². The molecule has 2 aromatic carbocycles. The minimum absolute atomic E-state index is 0.172. The van der Waals surface area contributed by atoms with Gasteiger partial charge < -0.3 is 19.9 Å². The van der Waals surface area contributed by atoms with Crippen molar-refractivity contribution in [2.75, 3.05) is 50.1 Å². The van der Waals surface area contributed by atoms with Crippen molar-refractivity contribution in [3.63, 3.8) is 0 Å². The molecule has 3 aliphatic heterocycles. The number of carbonyl (C=O) groups excluding carboxylic acids is 3. The molecule has 8 rings (SSSR count). The number of amides is 3. The zero-order valence-electron chi connectivity index (χ0n) is 30.9. The van der Waals surface area contributed by atoms with Crippen molar-refractivity contribution in [3.05, 3.63) is 77.7 Å². The number of likely N-dealkylation sites (tertiary alicyclic amines) is 1. The van der Waals surface area contributed by atoms with Crippen molar-refractivity contribution in [3.8, 4) is 11.8 Å². The third kappa shape index (κ3) is 7.55. The minimum atomic E-state index is -0.357. The molecule has 5 heterocycles. The number of rotatable bonds is 8. The van der Waals surface area contributed by atoms with Crippen LogP contribution in [0.3, 0.4) is 0 Å². The Balaban J connectivity index is 0.798. The first-order valence-electron chi connectivity index (χ1n) is 19.4. The van der Waals surface area contributed by atoms with E-state index >= 15 is 0 Å². The highest BCUT2D eigenvalue weighted by Gasteiger charge is 2.38. The molecule has 4 fully saturated rings. The maximum absolute atomic E-state index is 13.0. The van der Waals surface area contributed by atoms with Crippen LogP contribution in [0.1, 0.15) is 97.7 Å². The van der Waals surface area contributed by atoms with E-state index in [4.69, 9.17) is 9.84 Å². The van der Waals surface area contributed by atoms with Crippen LogP contribution in [0.15, 0.2) is 61.1 Å². The van der Waals surface area contributed by atoms with Gasteiger partial charge >= 0.3 is 0 Å². The number of anilines is 2. The molecule has 280 valence electrons. The van der Waals surface area contributed by atoms with Crippen LogP contribution < -0.4 is 20.3 Å². The molecule has 1 aliphatic carbocycles. The second-order valence-corrected chi connectivity index (χ2v) is 15.8. The fourth-order valence-electron chi connectivity index (χ4n) is 9.18. The van der Waals surface area contributed by atoms with Crippen molar-refractivity contribution in [1.29, 1.82) is 5.26 Å². The van der Waals surface area contributed by atoms with Crippen LogP contribution >= 0.6 is 0 Å². The molecular formula is C42H48N8O4. The number of fused-ring (bicyclic) bond motifs is 1. The number of carbonyl (C=O) groups is 3. The van der Waals surface area contributed by atoms with Gasteiger partial charge in [-0.2, -0.15) is 10.4 Å². The van der Waals surface area contributed by atoms with Crippen molar-refractivity contribution in [1.82, 2.24) is 25.0 Å². The number of nitriles is 1. The lowest BCUT2D eigenvalue weighted by atomic mass is 9.71. The maximum Gasteiger partial charge on any atom is 0.257 e. The average Bonchev–Trinajstić information content (AvgIpc) is 3.62. The second kappa shape index (κ2) is 15.2. The summed E-state index contributed by atoms with van der Waals surface area (Å²) < 4.78 is 7.71. The predicted molar refractivity (Wildman–Crippen MR) is 205 cm³/mol. The number of hydrogen-bond acceptors (Lipinski definition) is 9. The number of hydrogen-bond donors (Lipinski definition) is 2.